The van der Waals surface area contributed by atoms with Crippen LogP contribution in [0.4, 0.5) is 0 Å². The van der Waals surface area contributed by atoms with E-state index in [1.807, 2.05) is 23.1 Å². The Morgan fingerprint density at radius 1 is 1.27 bits per heavy atom. The lowest BCUT2D eigenvalue weighted by molar-refractivity contribution is -0.136. The number of carbonyl (C=O) groups excluding carboxylic acids is 1. The molecule has 1 aliphatic carbocycles. The fourth-order valence-corrected chi connectivity index (χ4v) is 4.62. The average Bonchev–Trinajstić information content (AvgIpc) is 2.77. The van der Waals surface area contributed by atoms with E-state index in [1.165, 1.54) is 0 Å². The molecular weight excluding hydrogens is 346 g/mol. The fourth-order valence-electron chi connectivity index (χ4n) is 3.57. The molecule has 1 unspecified atom stereocenters. The Kier molecular flexibility index (Phi) is 6.18. The van der Waals surface area contributed by atoms with Crippen LogP contribution in [0.3, 0.4) is 0 Å². The highest BCUT2D eigenvalue weighted by molar-refractivity contribution is 7.85. The van der Waals surface area contributed by atoms with E-state index in [9.17, 15) is 9.00 Å². The molecule has 0 saturated carbocycles. The molecule has 1 fully saturated rings. The lowest BCUT2D eigenvalue weighted by Gasteiger charge is -2.51. The molecule has 1 aliphatic heterocycles. The molecule has 2 rings (SSSR count). The third kappa shape index (κ3) is 4.12. The molecule has 0 spiro atoms. The molecule has 1 atom stereocenters. The lowest BCUT2D eigenvalue weighted by Crippen LogP contribution is -2.49. The molecule has 26 heavy (non-hydrogen) atoms. The number of carbonyl (C=O) groups is 1. The molecule has 2 aliphatic rings. The number of amides is 1. The summed E-state index contributed by atoms with van der Waals surface area (Å²) in [4.78, 5) is 14.7. The Morgan fingerprint density at radius 2 is 1.88 bits per heavy atom. The van der Waals surface area contributed by atoms with Crippen molar-refractivity contribution in [1.29, 1.82) is 0 Å². The number of hydrogen-bond acceptors (Lipinski definition) is 4. The number of rotatable bonds is 5. The van der Waals surface area contributed by atoms with E-state index in [4.69, 9.17) is 5.84 Å². The van der Waals surface area contributed by atoms with Crippen LogP contribution in [-0.4, -0.2) is 39.6 Å². The first-order valence-corrected chi connectivity index (χ1v) is 10.7. The second kappa shape index (κ2) is 7.69. The molecule has 0 radical (unpaired) electrons. The number of allylic oxidation sites excluding steroid dienone is 5. The summed E-state index contributed by atoms with van der Waals surface area (Å²) in [5, 5.41) is 0. The van der Waals surface area contributed by atoms with Gasteiger partial charge in [-0.2, -0.15) is 0 Å². The van der Waals surface area contributed by atoms with E-state index in [0.717, 1.165) is 5.70 Å². The van der Waals surface area contributed by atoms with Crippen LogP contribution in [0.15, 0.2) is 36.1 Å². The van der Waals surface area contributed by atoms with Crippen molar-refractivity contribution in [1.82, 2.24) is 10.3 Å². The molecular formula is C20H33N3O2S. The van der Waals surface area contributed by atoms with Crippen molar-refractivity contribution in [3.63, 3.8) is 0 Å². The van der Waals surface area contributed by atoms with E-state index in [0.29, 0.717) is 31.0 Å². The zero-order valence-corrected chi connectivity index (χ0v) is 17.5. The van der Waals surface area contributed by atoms with Gasteiger partial charge in [-0.1, -0.05) is 52.8 Å². The van der Waals surface area contributed by atoms with Gasteiger partial charge in [0.25, 0.3) is 0 Å². The average molecular weight is 380 g/mol. The summed E-state index contributed by atoms with van der Waals surface area (Å²) in [5.41, 5.74) is 2.91. The van der Waals surface area contributed by atoms with Gasteiger partial charge in [-0.05, 0) is 23.0 Å². The van der Waals surface area contributed by atoms with Gasteiger partial charge < -0.3 is 10.3 Å². The molecule has 0 bridgehead atoms. The molecule has 0 aromatic rings. The van der Waals surface area contributed by atoms with Crippen molar-refractivity contribution in [2.45, 2.75) is 41.0 Å². The van der Waals surface area contributed by atoms with Crippen LogP contribution in [0.2, 0.25) is 0 Å². The third-order valence-electron chi connectivity index (χ3n) is 6.66. The van der Waals surface area contributed by atoms with Crippen molar-refractivity contribution in [2.75, 3.05) is 24.6 Å². The van der Waals surface area contributed by atoms with Gasteiger partial charge in [0.2, 0.25) is 5.91 Å². The highest BCUT2D eigenvalue weighted by Crippen LogP contribution is 2.55. The van der Waals surface area contributed by atoms with E-state index in [-0.39, 0.29) is 22.2 Å². The van der Waals surface area contributed by atoms with Crippen molar-refractivity contribution in [3.8, 4) is 0 Å². The van der Waals surface area contributed by atoms with Crippen LogP contribution in [-0.2, 0) is 15.6 Å². The summed E-state index contributed by atoms with van der Waals surface area (Å²) in [7, 11) is -0.769. The normalized spacial score (nSPS) is 25.0. The van der Waals surface area contributed by atoms with Crippen LogP contribution in [0.5, 0.6) is 0 Å². The van der Waals surface area contributed by atoms with Gasteiger partial charge in [0.15, 0.2) is 0 Å². The lowest BCUT2D eigenvalue weighted by atomic mass is 9.53. The summed E-state index contributed by atoms with van der Waals surface area (Å²) in [5.74, 6) is 6.89. The molecule has 6 heteroatoms. The molecule has 5 nitrogen and oxygen atoms in total. The standard InChI is InChI=1S/C20H33N3O2S/c1-18(2,15-17(24)23-11-13-26(25)14-12-23)19(3,4)20(5)9-6-7-16(22-21)8-10-20/h6-10,22H,11-15,21H2,1-5H3. The Labute approximate surface area is 160 Å². The molecule has 3 N–H and O–H groups in total. The van der Waals surface area contributed by atoms with Gasteiger partial charge >= 0.3 is 0 Å². The molecule has 0 aromatic carbocycles. The van der Waals surface area contributed by atoms with Crippen molar-refractivity contribution >= 4 is 16.7 Å². The molecule has 1 saturated heterocycles. The number of hydrogen-bond donors (Lipinski definition) is 2. The Morgan fingerprint density at radius 3 is 2.46 bits per heavy atom. The van der Waals surface area contributed by atoms with Gasteiger partial charge in [-0.3, -0.25) is 14.8 Å². The van der Waals surface area contributed by atoms with Gasteiger partial charge in [-0.25, -0.2) is 0 Å². The first-order valence-electron chi connectivity index (χ1n) is 9.20. The minimum atomic E-state index is -0.769. The SMILES string of the molecule is CC1(C(C)(C)C(C)(C)CC(=O)N2CCS(=O)CC2)C=CC=C(NN)C=C1. The fraction of sp³-hybridized carbons (Fsp3) is 0.650. The van der Waals surface area contributed by atoms with Crippen LogP contribution in [0.1, 0.15) is 41.0 Å². The van der Waals surface area contributed by atoms with Crippen molar-refractivity contribution < 1.29 is 9.00 Å². The van der Waals surface area contributed by atoms with E-state index in [2.05, 4.69) is 52.2 Å². The van der Waals surface area contributed by atoms with Crippen LogP contribution in [0, 0.1) is 16.2 Å². The van der Waals surface area contributed by atoms with Gasteiger partial charge in [0.1, 0.15) is 0 Å². The van der Waals surface area contributed by atoms with Gasteiger partial charge in [0.05, 0.1) is 0 Å². The first kappa shape index (κ1) is 20.9. The molecule has 1 heterocycles. The van der Waals surface area contributed by atoms with E-state index < -0.39 is 10.8 Å². The Bertz CT molecular complexity index is 654. The maximum absolute atomic E-state index is 12.9. The topological polar surface area (TPSA) is 75.4 Å². The van der Waals surface area contributed by atoms with Crippen LogP contribution in [0.25, 0.3) is 0 Å². The predicted octanol–water partition coefficient (Wildman–Crippen LogP) is 2.50. The zero-order chi connectivity index (χ0) is 19.6. The number of hydrazine groups is 1. The van der Waals surface area contributed by atoms with Crippen molar-refractivity contribution in [2.24, 2.45) is 22.1 Å². The Hall–Kier alpha value is -1.40. The summed E-state index contributed by atoms with van der Waals surface area (Å²) in [6.45, 7) is 12.2. The second-order valence-corrected chi connectivity index (χ2v) is 10.4. The summed E-state index contributed by atoms with van der Waals surface area (Å²) in [6, 6.07) is 0. The quantitative estimate of drug-likeness (QED) is 0.568. The number of nitrogens with zero attached hydrogens (tertiary/aromatic N) is 1. The smallest absolute Gasteiger partial charge is 0.223 e. The first-order chi connectivity index (χ1) is 12.0. The highest BCUT2D eigenvalue weighted by atomic mass is 32.2. The maximum Gasteiger partial charge on any atom is 0.223 e. The predicted molar refractivity (Wildman–Crippen MR) is 108 cm³/mol. The van der Waals surface area contributed by atoms with E-state index >= 15 is 0 Å². The zero-order valence-electron chi connectivity index (χ0n) is 16.7. The molecule has 0 aromatic heterocycles. The summed E-state index contributed by atoms with van der Waals surface area (Å²) < 4.78 is 11.5. The maximum atomic E-state index is 12.9. The van der Waals surface area contributed by atoms with Gasteiger partial charge in [-0.15, -0.1) is 0 Å². The minimum absolute atomic E-state index is 0.160. The summed E-state index contributed by atoms with van der Waals surface area (Å²) >= 11 is 0. The molecule has 146 valence electrons. The number of nitrogens with two attached hydrogens (primary N) is 1. The number of nitrogens with one attached hydrogen (secondary N) is 1. The van der Waals surface area contributed by atoms with E-state index in [1.54, 1.807) is 0 Å². The van der Waals surface area contributed by atoms with Crippen molar-refractivity contribution in [3.05, 3.63) is 36.1 Å². The molecule has 1 amide bonds. The minimum Gasteiger partial charge on any atom is -0.341 e. The highest BCUT2D eigenvalue weighted by Gasteiger charge is 2.49. The summed E-state index contributed by atoms with van der Waals surface area (Å²) in [6.07, 6.45) is 10.8. The van der Waals surface area contributed by atoms with Crippen LogP contribution < -0.4 is 11.3 Å². The Balaban J connectivity index is 2.18. The monoisotopic (exact) mass is 379 g/mol. The third-order valence-corrected chi connectivity index (χ3v) is 7.93. The largest absolute Gasteiger partial charge is 0.341 e. The van der Waals surface area contributed by atoms with Crippen LogP contribution >= 0.6 is 0 Å². The second-order valence-electron chi connectivity index (χ2n) is 8.66. The van der Waals surface area contributed by atoms with Gasteiger partial charge in [0, 0.05) is 52.9 Å².